The van der Waals surface area contributed by atoms with Crippen molar-refractivity contribution in [3.05, 3.63) is 121 Å². The van der Waals surface area contributed by atoms with Crippen molar-refractivity contribution in [3.8, 4) is 33.4 Å². The first kappa shape index (κ1) is 34.4. The molecular formula is C46H50N7+3. The van der Waals surface area contributed by atoms with Crippen molar-refractivity contribution in [2.45, 2.75) is 0 Å². The smallest absolute Gasteiger partial charge is 0.132 e. The van der Waals surface area contributed by atoms with Crippen LogP contribution >= 0.6 is 0 Å². The van der Waals surface area contributed by atoms with Crippen LogP contribution in [0, 0.1) is 0 Å². The summed E-state index contributed by atoms with van der Waals surface area (Å²) in [5.41, 5.74) is 18.3. The Morgan fingerprint density at radius 3 is 0.962 bits per heavy atom. The molecule has 0 spiro atoms. The van der Waals surface area contributed by atoms with Crippen LogP contribution < -0.4 is 13.4 Å². The largest absolute Gasteiger partial charge is 0.354 e. The highest BCUT2D eigenvalue weighted by molar-refractivity contribution is 6.00. The fourth-order valence-corrected chi connectivity index (χ4v) is 7.29. The van der Waals surface area contributed by atoms with E-state index < -0.39 is 0 Å². The van der Waals surface area contributed by atoms with Gasteiger partial charge in [0, 0.05) is 44.3 Å². The molecule has 8 rings (SSSR count). The van der Waals surface area contributed by atoms with Crippen molar-refractivity contribution in [3.63, 3.8) is 0 Å². The third-order valence-electron chi connectivity index (χ3n) is 10.4. The molecule has 0 saturated heterocycles. The first-order valence-electron chi connectivity index (χ1n) is 18.2. The van der Waals surface area contributed by atoms with Gasteiger partial charge in [0.2, 0.25) is 0 Å². The van der Waals surface area contributed by atoms with Gasteiger partial charge in [0.15, 0.2) is 0 Å². The predicted molar refractivity (Wildman–Crippen MR) is 230 cm³/mol. The number of rotatable bonds is 6. The molecule has 0 fully saturated rings. The van der Waals surface area contributed by atoms with Gasteiger partial charge < -0.3 is 15.0 Å². The minimum atomic E-state index is 0.748. The third-order valence-corrected chi connectivity index (χ3v) is 10.4. The molecule has 0 aliphatic carbocycles. The Labute approximate surface area is 312 Å². The maximum absolute atomic E-state index is 5.27. The summed E-state index contributed by atoms with van der Waals surface area (Å²) in [6, 6.07) is 39.9. The van der Waals surface area contributed by atoms with Crippen molar-refractivity contribution < 1.29 is 0 Å². The lowest BCUT2D eigenvalue weighted by molar-refractivity contribution is 0.486. The Hall–Kier alpha value is -5.73. The standard InChI is InChI=1S/C46H50N7/c1-51(2,3)33-16-10-30(11-17-33)44-38-24-22-36(47-38)37-23-25-39(48-37)45(31-12-18-34(19-13-31)52(4,5)6)41-27-29-43(50-41)46(42-28-26-40(44)49-42)32-14-20-35(21-15-32)53(7,8)9/h10-29,47,49-50H,1-9H3/q+3. The molecule has 53 heavy (non-hydrogen) atoms. The second kappa shape index (κ2) is 12.5. The molecular weight excluding hydrogens is 651 g/mol. The van der Waals surface area contributed by atoms with Crippen LogP contribution in [-0.2, 0) is 0 Å². The quantitative estimate of drug-likeness (QED) is 0.149. The molecule has 7 nitrogen and oxygen atoms in total. The van der Waals surface area contributed by atoms with Crippen LogP contribution in [0.2, 0.25) is 0 Å². The van der Waals surface area contributed by atoms with Crippen molar-refractivity contribution in [1.29, 1.82) is 0 Å². The van der Waals surface area contributed by atoms with Gasteiger partial charge >= 0.3 is 0 Å². The van der Waals surface area contributed by atoms with E-state index >= 15 is 0 Å². The van der Waals surface area contributed by atoms with Crippen LogP contribution in [0.1, 0.15) is 11.4 Å². The number of H-pyrrole nitrogens is 3. The van der Waals surface area contributed by atoms with E-state index in [1.54, 1.807) is 0 Å². The van der Waals surface area contributed by atoms with E-state index in [-0.39, 0.29) is 0 Å². The van der Waals surface area contributed by atoms with Crippen molar-refractivity contribution in [1.82, 2.24) is 33.4 Å². The molecule has 266 valence electrons. The molecule has 0 atom stereocenters. The summed E-state index contributed by atoms with van der Waals surface area (Å²) in [7, 11) is 19.8. The van der Waals surface area contributed by atoms with Crippen molar-refractivity contribution in [2.75, 3.05) is 63.4 Å². The molecule has 7 heteroatoms. The number of nitrogens with one attached hydrogen (secondary N) is 3. The summed E-state index contributed by atoms with van der Waals surface area (Å²) in [5.74, 6) is 0. The maximum atomic E-state index is 5.27. The van der Waals surface area contributed by atoms with Crippen molar-refractivity contribution in [2.24, 2.45) is 0 Å². The zero-order valence-electron chi connectivity index (χ0n) is 32.3. The van der Waals surface area contributed by atoms with Crippen molar-refractivity contribution >= 4 is 62.3 Å². The SMILES string of the molecule is C[N+](C)(C)c1ccc(-c2c3nc(c4ccc([nH]4)c(-c4ccc([N+](C)(C)C)cc4)c4ccc([nH]4)c(-c4ccc([N+](C)(C)C)cc4)c4ccc2[nH]4)C=C3)cc1. The second-order valence-electron chi connectivity index (χ2n) is 16.9. The predicted octanol–water partition coefficient (Wildman–Crippen LogP) is 10.3. The van der Waals surface area contributed by atoms with Gasteiger partial charge in [-0.25, -0.2) is 4.98 Å². The second-order valence-corrected chi connectivity index (χ2v) is 16.9. The molecule has 3 N–H and O–H groups in total. The Morgan fingerprint density at radius 2 is 0.604 bits per heavy atom. The van der Waals surface area contributed by atoms with Gasteiger partial charge in [-0.15, -0.1) is 0 Å². The van der Waals surface area contributed by atoms with Gasteiger partial charge in [0.1, 0.15) is 17.1 Å². The number of hydrogen-bond acceptors (Lipinski definition) is 1. The van der Waals surface area contributed by atoms with Gasteiger partial charge in [-0.05, 0) is 138 Å². The highest BCUT2D eigenvalue weighted by Gasteiger charge is 2.19. The van der Waals surface area contributed by atoms with E-state index in [1.807, 2.05) is 0 Å². The lowest BCUT2D eigenvalue weighted by Crippen LogP contribution is -2.34. The molecule has 4 aromatic heterocycles. The number of aromatic nitrogens is 4. The minimum absolute atomic E-state index is 0.748. The molecule has 0 amide bonds. The molecule has 7 aromatic rings. The highest BCUT2D eigenvalue weighted by atomic mass is 15.3. The van der Waals surface area contributed by atoms with Gasteiger partial charge in [-0.1, -0.05) is 0 Å². The monoisotopic (exact) mass is 700 g/mol. The topological polar surface area (TPSA) is 60.3 Å². The van der Waals surface area contributed by atoms with Gasteiger partial charge in [0.25, 0.3) is 0 Å². The summed E-state index contributed by atoms with van der Waals surface area (Å²) in [6.07, 6.45) is 4.26. The van der Waals surface area contributed by atoms with E-state index in [9.17, 15) is 0 Å². The molecule has 3 aromatic carbocycles. The molecule has 0 saturated carbocycles. The number of benzene rings is 3. The average molecular weight is 701 g/mol. The van der Waals surface area contributed by atoms with E-state index in [2.05, 4.69) is 200 Å². The zero-order chi connectivity index (χ0) is 37.3. The fourth-order valence-electron chi connectivity index (χ4n) is 7.29. The number of nitrogens with zero attached hydrogens (tertiary/aromatic N) is 4. The van der Waals surface area contributed by atoms with E-state index in [4.69, 9.17) is 4.98 Å². The summed E-state index contributed by atoms with van der Waals surface area (Å²) in [4.78, 5) is 16.8. The molecule has 5 heterocycles. The van der Waals surface area contributed by atoms with Gasteiger partial charge in [0.05, 0.1) is 80.3 Å². The van der Waals surface area contributed by atoms with Crippen LogP contribution in [0.3, 0.4) is 0 Å². The fraction of sp³-hybridized carbons (Fsp3) is 0.196. The molecule has 0 radical (unpaired) electrons. The van der Waals surface area contributed by atoms with E-state index in [0.717, 1.165) is 91.3 Å². The Balaban J connectivity index is 1.47. The first-order chi connectivity index (χ1) is 25.1. The van der Waals surface area contributed by atoms with Crippen LogP contribution in [0.5, 0.6) is 0 Å². The van der Waals surface area contributed by atoms with E-state index in [1.165, 1.54) is 17.1 Å². The number of fused-ring (bicyclic) bond motifs is 9. The summed E-state index contributed by atoms with van der Waals surface area (Å²) in [6.45, 7) is 0. The molecule has 1 aliphatic heterocycles. The molecule has 0 unspecified atom stereocenters. The highest BCUT2D eigenvalue weighted by Crippen LogP contribution is 2.37. The van der Waals surface area contributed by atoms with Gasteiger partial charge in [-0.2, -0.15) is 0 Å². The average Bonchev–Trinajstić information content (AvgIpc) is 3.94. The van der Waals surface area contributed by atoms with Gasteiger partial charge in [-0.3, -0.25) is 13.4 Å². The first-order valence-corrected chi connectivity index (χ1v) is 18.2. The Morgan fingerprint density at radius 1 is 0.321 bits per heavy atom. The summed E-state index contributed by atoms with van der Waals surface area (Å²) < 4.78 is 2.25. The molecule has 8 bridgehead atoms. The lowest BCUT2D eigenvalue weighted by atomic mass is 10.0. The maximum Gasteiger partial charge on any atom is 0.132 e. The number of aromatic amines is 3. The number of quaternary nitrogens is 3. The third kappa shape index (κ3) is 6.48. The van der Waals surface area contributed by atoms with Crippen LogP contribution in [0.25, 0.3) is 78.6 Å². The van der Waals surface area contributed by atoms with Crippen LogP contribution in [0.15, 0.2) is 109 Å². The Bertz CT molecular complexity index is 2630. The van der Waals surface area contributed by atoms with Crippen LogP contribution in [0.4, 0.5) is 17.1 Å². The Kier molecular flexibility index (Phi) is 8.07. The minimum Gasteiger partial charge on any atom is -0.354 e. The summed E-state index contributed by atoms with van der Waals surface area (Å²) >= 11 is 0. The number of hydrogen-bond donors (Lipinski definition) is 3. The van der Waals surface area contributed by atoms with Crippen LogP contribution in [-0.4, -0.2) is 83.4 Å². The summed E-state index contributed by atoms with van der Waals surface area (Å²) in [5, 5.41) is 0. The van der Waals surface area contributed by atoms with E-state index in [0.29, 0.717) is 0 Å². The normalized spacial score (nSPS) is 12.9. The molecule has 1 aliphatic rings. The lowest BCUT2D eigenvalue weighted by Gasteiger charge is -2.23. The zero-order valence-corrected chi connectivity index (χ0v) is 32.3.